The van der Waals surface area contributed by atoms with E-state index in [0.717, 1.165) is 30.6 Å². The van der Waals surface area contributed by atoms with Crippen LogP contribution in [0.5, 0.6) is 5.75 Å². The molecule has 0 heterocycles. The zero-order valence-electron chi connectivity index (χ0n) is 8.69. The van der Waals surface area contributed by atoms with Gasteiger partial charge < -0.3 is 9.84 Å². The number of carboxylic acid groups (broad SMARTS) is 1. The molecule has 1 aromatic carbocycles. The van der Waals surface area contributed by atoms with E-state index in [1.807, 2.05) is 24.3 Å². The van der Waals surface area contributed by atoms with Crippen molar-refractivity contribution in [3.05, 3.63) is 29.8 Å². The summed E-state index contributed by atoms with van der Waals surface area (Å²) in [5, 5.41) is 9.26. The number of ether oxygens (including phenoxy) is 1. The van der Waals surface area contributed by atoms with Crippen molar-refractivity contribution in [1.29, 1.82) is 0 Å². The van der Waals surface area contributed by atoms with Gasteiger partial charge in [-0.2, -0.15) is 0 Å². The van der Waals surface area contributed by atoms with E-state index in [0.29, 0.717) is 0 Å². The first-order valence-corrected chi connectivity index (χ1v) is 5.07. The average molecular weight is 206 g/mol. The molecule has 0 aromatic heterocycles. The summed E-state index contributed by atoms with van der Waals surface area (Å²) in [5.74, 6) is 0.00188. The topological polar surface area (TPSA) is 46.5 Å². The number of hydrogen-bond acceptors (Lipinski definition) is 2. The molecule has 15 heavy (non-hydrogen) atoms. The van der Waals surface area contributed by atoms with Crippen LogP contribution in [0, 0.1) is 0 Å². The Bertz CT molecular complexity index is 380. The molecule has 3 nitrogen and oxygen atoms in total. The number of benzene rings is 1. The molecular formula is C12H14O3. The van der Waals surface area contributed by atoms with Gasteiger partial charge in [-0.1, -0.05) is 18.6 Å². The van der Waals surface area contributed by atoms with Crippen molar-refractivity contribution < 1.29 is 14.6 Å². The van der Waals surface area contributed by atoms with Gasteiger partial charge in [-0.3, -0.25) is 4.79 Å². The summed E-state index contributed by atoms with van der Waals surface area (Å²) in [6, 6.07) is 7.37. The molecule has 0 saturated heterocycles. The quantitative estimate of drug-likeness (QED) is 0.824. The van der Waals surface area contributed by atoms with Gasteiger partial charge in [0.1, 0.15) is 5.75 Å². The second-order valence-electron chi connectivity index (χ2n) is 3.97. The lowest BCUT2D eigenvalue weighted by atomic mass is 9.64. The van der Waals surface area contributed by atoms with Crippen LogP contribution in [0.25, 0.3) is 0 Å². The first-order chi connectivity index (χ1) is 7.19. The molecule has 2 rings (SSSR count). The molecule has 0 atom stereocenters. The predicted molar refractivity (Wildman–Crippen MR) is 56.2 cm³/mol. The molecule has 1 aliphatic carbocycles. The maximum Gasteiger partial charge on any atom is 0.314 e. The zero-order chi connectivity index (χ0) is 10.9. The van der Waals surface area contributed by atoms with Crippen molar-refractivity contribution in [2.75, 3.05) is 7.11 Å². The van der Waals surface area contributed by atoms with Crippen molar-refractivity contribution in [1.82, 2.24) is 0 Å². The smallest absolute Gasteiger partial charge is 0.314 e. The second-order valence-corrected chi connectivity index (χ2v) is 3.97. The summed E-state index contributed by atoms with van der Waals surface area (Å²) in [6.07, 6.45) is 2.45. The average Bonchev–Trinajstić information content (AvgIpc) is 2.16. The molecule has 0 bridgehead atoms. The molecule has 1 saturated carbocycles. The summed E-state index contributed by atoms with van der Waals surface area (Å²) in [6.45, 7) is 0. The van der Waals surface area contributed by atoms with Crippen LogP contribution >= 0.6 is 0 Å². The predicted octanol–water partition coefficient (Wildman–Crippen LogP) is 2.20. The maximum absolute atomic E-state index is 11.3. The monoisotopic (exact) mass is 206 g/mol. The van der Waals surface area contributed by atoms with E-state index in [-0.39, 0.29) is 0 Å². The highest BCUT2D eigenvalue weighted by Crippen LogP contribution is 2.44. The van der Waals surface area contributed by atoms with Crippen molar-refractivity contribution in [3.8, 4) is 5.75 Å². The van der Waals surface area contributed by atoms with Crippen LogP contribution in [0.2, 0.25) is 0 Å². The number of aliphatic carboxylic acids is 1. The highest BCUT2D eigenvalue weighted by molar-refractivity contribution is 5.82. The molecule has 3 heteroatoms. The summed E-state index contributed by atoms with van der Waals surface area (Å²) in [5.41, 5.74) is 0.203. The Balaban J connectivity index is 2.38. The third kappa shape index (κ3) is 1.48. The minimum absolute atomic E-state index is 0.658. The molecule has 0 spiro atoms. The van der Waals surface area contributed by atoms with Crippen LogP contribution in [0.4, 0.5) is 0 Å². The fourth-order valence-corrected chi connectivity index (χ4v) is 2.08. The standard InChI is InChI=1S/C12H14O3/c1-15-10-5-2-4-9(8-10)12(11(13)14)6-3-7-12/h2,4-5,8H,3,6-7H2,1H3,(H,13,14). The van der Waals surface area contributed by atoms with Gasteiger partial charge in [-0.05, 0) is 30.5 Å². The van der Waals surface area contributed by atoms with E-state index < -0.39 is 11.4 Å². The normalized spacial score (nSPS) is 17.9. The van der Waals surface area contributed by atoms with Crippen molar-refractivity contribution in [2.45, 2.75) is 24.7 Å². The molecule has 1 fully saturated rings. The summed E-state index contributed by atoms with van der Waals surface area (Å²) in [7, 11) is 1.59. The molecule has 1 aliphatic rings. The van der Waals surface area contributed by atoms with Crippen LogP contribution in [0.15, 0.2) is 24.3 Å². The van der Waals surface area contributed by atoms with Gasteiger partial charge in [-0.25, -0.2) is 0 Å². The Morgan fingerprint density at radius 1 is 1.47 bits per heavy atom. The third-order valence-electron chi connectivity index (χ3n) is 3.24. The van der Waals surface area contributed by atoms with Gasteiger partial charge in [0.15, 0.2) is 0 Å². The van der Waals surface area contributed by atoms with Gasteiger partial charge >= 0.3 is 5.97 Å². The van der Waals surface area contributed by atoms with E-state index in [1.54, 1.807) is 7.11 Å². The number of carboxylic acids is 1. The van der Waals surface area contributed by atoms with Gasteiger partial charge in [0.2, 0.25) is 0 Å². The Morgan fingerprint density at radius 3 is 2.67 bits per heavy atom. The lowest BCUT2D eigenvalue weighted by Gasteiger charge is -2.38. The van der Waals surface area contributed by atoms with Crippen molar-refractivity contribution >= 4 is 5.97 Å². The van der Waals surface area contributed by atoms with Crippen LogP contribution in [-0.2, 0) is 10.2 Å². The molecule has 1 N–H and O–H groups in total. The summed E-state index contributed by atoms with van der Waals surface area (Å²) in [4.78, 5) is 11.3. The van der Waals surface area contributed by atoms with Crippen molar-refractivity contribution in [2.24, 2.45) is 0 Å². The number of rotatable bonds is 3. The lowest BCUT2D eigenvalue weighted by Crippen LogP contribution is -2.42. The van der Waals surface area contributed by atoms with Gasteiger partial charge in [0.25, 0.3) is 0 Å². The summed E-state index contributed by atoms with van der Waals surface area (Å²) >= 11 is 0. The van der Waals surface area contributed by atoms with Gasteiger partial charge in [-0.15, -0.1) is 0 Å². The third-order valence-corrected chi connectivity index (χ3v) is 3.24. The minimum Gasteiger partial charge on any atom is -0.497 e. The van der Waals surface area contributed by atoms with Crippen LogP contribution in [-0.4, -0.2) is 18.2 Å². The molecule has 1 aromatic rings. The SMILES string of the molecule is COc1cccc(C2(C(=O)O)CCC2)c1. The summed E-state index contributed by atoms with van der Waals surface area (Å²) < 4.78 is 5.11. The van der Waals surface area contributed by atoms with Crippen LogP contribution < -0.4 is 4.74 Å². The van der Waals surface area contributed by atoms with Gasteiger partial charge in [0, 0.05) is 0 Å². The minimum atomic E-state index is -0.720. The molecule has 80 valence electrons. The fourth-order valence-electron chi connectivity index (χ4n) is 2.08. The Morgan fingerprint density at radius 2 is 2.20 bits per heavy atom. The van der Waals surface area contributed by atoms with E-state index in [1.165, 1.54) is 0 Å². The Kier molecular flexibility index (Phi) is 2.39. The maximum atomic E-state index is 11.3. The van der Waals surface area contributed by atoms with E-state index in [2.05, 4.69) is 0 Å². The molecule has 0 aliphatic heterocycles. The molecular weight excluding hydrogens is 192 g/mol. The van der Waals surface area contributed by atoms with Crippen LogP contribution in [0.3, 0.4) is 0 Å². The van der Waals surface area contributed by atoms with E-state index in [4.69, 9.17) is 4.74 Å². The van der Waals surface area contributed by atoms with E-state index in [9.17, 15) is 9.90 Å². The van der Waals surface area contributed by atoms with Gasteiger partial charge in [0.05, 0.1) is 12.5 Å². The fraction of sp³-hybridized carbons (Fsp3) is 0.417. The highest BCUT2D eigenvalue weighted by atomic mass is 16.5. The van der Waals surface area contributed by atoms with E-state index >= 15 is 0 Å². The largest absolute Gasteiger partial charge is 0.497 e. The number of methoxy groups -OCH3 is 1. The van der Waals surface area contributed by atoms with Crippen LogP contribution in [0.1, 0.15) is 24.8 Å². The molecule has 0 radical (unpaired) electrons. The second kappa shape index (κ2) is 3.57. The molecule has 0 amide bonds. The molecule has 0 unspecified atom stereocenters. The first-order valence-electron chi connectivity index (χ1n) is 5.07. The Labute approximate surface area is 88.7 Å². The lowest BCUT2D eigenvalue weighted by molar-refractivity contribution is -0.147. The first kappa shape index (κ1) is 10.0. The highest BCUT2D eigenvalue weighted by Gasteiger charge is 2.45. The van der Waals surface area contributed by atoms with Crippen molar-refractivity contribution in [3.63, 3.8) is 0 Å². The number of carbonyl (C=O) groups is 1. The Hall–Kier alpha value is -1.51. The zero-order valence-corrected chi connectivity index (χ0v) is 8.69. The number of hydrogen-bond donors (Lipinski definition) is 1.